The average Bonchev–Trinajstić information content (AvgIpc) is 2.98. The number of carbonyl (C=O) groups excluding carboxylic acids is 1. The van der Waals surface area contributed by atoms with E-state index in [1.807, 2.05) is 24.3 Å². The summed E-state index contributed by atoms with van der Waals surface area (Å²) in [7, 11) is 0. The van der Waals surface area contributed by atoms with E-state index >= 15 is 0 Å². The van der Waals surface area contributed by atoms with Crippen molar-refractivity contribution in [3.8, 4) is 0 Å². The van der Waals surface area contributed by atoms with Gasteiger partial charge in [-0.05, 0) is 36.5 Å². The number of carbonyl (C=O) groups is 1. The van der Waals surface area contributed by atoms with Crippen LogP contribution in [-0.4, -0.2) is 12.5 Å². The molecular weight excluding hydrogens is 222 g/mol. The van der Waals surface area contributed by atoms with Gasteiger partial charge in [-0.15, -0.1) is 0 Å². The van der Waals surface area contributed by atoms with Crippen molar-refractivity contribution in [2.45, 2.75) is 19.8 Å². The van der Waals surface area contributed by atoms with Crippen LogP contribution in [0.3, 0.4) is 0 Å². The Morgan fingerprint density at radius 1 is 1.44 bits per heavy atom. The topological polar surface area (TPSA) is 29.1 Å². The van der Waals surface area contributed by atoms with E-state index in [0.717, 1.165) is 17.9 Å². The molecule has 1 aromatic carbocycles. The van der Waals surface area contributed by atoms with Gasteiger partial charge in [-0.3, -0.25) is 4.79 Å². The highest BCUT2D eigenvalue weighted by molar-refractivity contribution is 6.30. The molecule has 2 rings (SSSR count). The molecule has 2 nitrogen and oxygen atoms in total. The highest BCUT2D eigenvalue weighted by Gasteiger charge is 2.38. The first-order chi connectivity index (χ1) is 7.66. The Bertz CT molecular complexity index is 374. The summed E-state index contributed by atoms with van der Waals surface area (Å²) < 4.78 is 0. The number of hydrogen-bond acceptors (Lipinski definition) is 1. The third kappa shape index (κ3) is 2.99. The zero-order valence-corrected chi connectivity index (χ0v) is 10.1. The maximum atomic E-state index is 11.5. The summed E-state index contributed by atoms with van der Waals surface area (Å²) >= 11 is 5.79. The van der Waals surface area contributed by atoms with Crippen molar-refractivity contribution in [2.75, 3.05) is 6.54 Å². The summed E-state index contributed by atoms with van der Waals surface area (Å²) in [6.45, 7) is 2.83. The Hall–Kier alpha value is -1.02. The predicted octanol–water partition coefficient (Wildman–Crippen LogP) is 2.65. The van der Waals surface area contributed by atoms with Gasteiger partial charge in [-0.2, -0.15) is 0 Å². The van der Waals surface area contributed by atoms with Crippen molar-refractivity contribution in [1.29, 1.82) is 0 Å². The van der Waals surface area contributed by atoms with Crippen LogP contribution in [-0.2, 0) is 11.2 Å². The fraction of sp³-hybridized carbons (Fsp3) is 0.462. The fourth-order valence-electron chi connectivity index (χ4n) is 1.80. The van der Waals surface area contributed by atoms with Gasteiger partial charge >= 0.3 is 0 Å². The van der Waals surface area contributed by atoms with E-state index in [0.29, 0.717) is 12.5 Å². The minimum Gasteiger partial charge on any atom is -0.356 e. The summed E-state index contributed by atoms with van der Waals surface area (Å²) in [5.74, 6) is 1.06. The molecule has 1 aliphatic carbocycles. The number of nitrogens with one attached hydrogen (secondary N) is 1. The van der Waals surface area contributed by atoms with Crippen LogP contribution in [0.2, 0.25) is 5.02 Å². The summed E-state index contributed by atoms with van der Waals surface area (Å²) in [6.07, 6.45) is 1.91. The maximum absolute atomic E-state index is 11.5. The van der Waals surface area contributed by atoms with Crippen LogP contribution >= 0.6 is 11.6 Å². The largest absolute Gasteiger partial charge is 0.356 e. The Balaban J connectivity index is 1.71. The lowest BCUT2D eigenvalue weighted by molar-refractivity contribution is -0.122. The van der Waals surface area contributed by atoms with E-state index in [2.05, 4.69) is 12.2 Å². The molecule has 0 radical (unpaired) electrons. The molecule has 1 N–H and O–H groups in total. The molecule has 16 heavy (non-hydrogen) atoms. The van der Waals surface area contributed by atoms with Crippen LogP contribution in [0.1, 0.15) is 18.9 Å². The minimum absolute atomic E-state index is 0.210. The molecule has 1 aromatic rings. The second-order valence-electron chi connectivity index (χ2n) is 4.49. The Morgan fingerprint density at radius 3 is 2.62 bits per heavy atom. The highest BCUT2D eigenvalue weighted by Crippen LogP contribution is 2.37. The molecule has 86 valence electrons. The summed E-state index contributed by atoms with van der Waals surface area (Å²) in [4.78, 5) is 11.5. The molecule has 0 bridgehead atoms. The first-order valence-electron chi connectivity index (χ1n) is 5.69. The lowest BCUT2D eigenvalue weighted by atomic mass is 10.1. The molecule has 1 amide bonds. The zero-order chi connectivity index (χ0) is 11.5. The van der Waals surface area contributed by atoms with E-state index in [1.54, 1.807) is 0 Å². The summed E-state index contributed by atoms with van der Waals surface area (Å²) in [5, 5.41) is 3.72. The van der Waals surface area contributed by atoms with Crippen molar-refractivity contribution < 1.29 is 4.79 Å². The van der Waals surface area contributed by atoms with Crippen molar-refractivity contribution in [3.63, 3.8) is 0 Å². The van der Waals surface area contributed by atoms with Gasteiger partial charge in [-0.1, -0.05) is 30.7 Å². The van der Waals surface area contributed by atoms with Crippen LogP contribution in [0.15, 0.2) is 24.3 Å². The van der Waals surface area contributed by atoms with Crippen LogP contribution in [0.4, 0.5) is 0 Å². The molecule has 1 saturated carbocycles. The third-order valence-corrected chi connectivity index (χ3v) is 3.32. The first-order valence-corrected chi connectivity index (χ1v) is 6.07. The quantitative estimate of drug-likeness (QED) is 0.857. The molecule has 1 aliphatic rings. The number of halogens is 1. The fourth-order valence-corrected chi connectivity index (χ4v) is 1.93. The average molecular weight is 238 g/mol. The minimum atomic E-state index is 0.210. The normalized spacial score (nSPS) is 22.9. The van der Waals surface area contributed by atoms with E-state index in [9.17, 15) is 4.79 Å². The number of amides is 1. The molecule has 1 fully saturated rings. The van der Waals surface area contributed by atoms with Gasteiger partial charge < -0.3 is 5.32 Å². The van der Waals surface area contributed by atoms with Crippen LogP contribution in [0.5, 0.6) is 0 Å². The Morgan fingerprint density at radius 2 is 2.06 bits per heavy atom. The lowest BCUT2D eigenvalue weighted by Crippen LogP contribution is -2.27. The van der Waals surface area contributed by atoms with Gasteiger partial charge in [0.1, 0.15) is 0 Å². The van der Waals surface area contributed by atoms with Gasteiger partial charge in [0, 0.05) is 17.5 Å². The molecule has 0 aliphatic heterocycles. The van der Waals surface area contributed by atoms with Crippen LogP contribution in [0, 0.1) is 11.8 Å². The molecule has 0 aromatic heterocycles. The number of benzene rings is 1. The van der Waals surface area contributed by atoms with E-state index in [1.165, 1.54) is 5.56 Å². The SMILES string of the molecule is C[C@H]1C[C@H]1C(=O)NCCc1ccc(Cl)cc1. The van der Waals surface area contributed by atoms with Gasteiger partial charge in [0.05, 0.1) is 0 Å². The van der Waals surface area contributed by atoms with Crippen molar-refractivity contribution in [1.82, 2.24) is 5.32 Å². The van der Waals surface area contributed by atoms with Crippen LogP contribution < -0.4 is 5.32 Å². The van der Waals surface area contributed by atoms with Gasteiger partial charge in [0.2, 0.25) is 5.91 Å². The van der Waals surface area contributed by atoms with Crippen molar-refractivity contribution in [3.05, 3.63) is 34.9 Å². The molecule has 0 unspecified atom stereocenters. The maximum Gasteiger partial charge on any atom is 0.223 e. The number of rotatable bonds is 4. The molecule has 3 heteroatoms. The zero-order valence-electron chi connectivity index (χ0n) is 9.37. The summed E-state index contributed by atoms with van der Waals surface area (Å²) in [5.41, 5.74) is 1.20. The lowest BCUT2D eigenvalue weighted by Gasteiger charge is -2.04. The smallest absolute Gasteiger partial charge is 0.223 e. The Kier molecular flexibility index (Phi) is 3.49. The predicted molar refractivity (Wildman–Crippen MR) is 65.4 cm³/mol. The first kappa shape index (κ1) is 11.5. The van der Waals surface area contributed by atoms with E-state index in [4.69, 9.17) is 11.6 Å². The Labute approximate surface area is 101 Å². The standard InChI is InChI=1S/C13H16ClNO/c1-9-8-12(9)13(16)15-7-6-10-2-4-11(14)5-3-10/h2-5,9,12H,6-8H2,1H3,(H,15,16)/t9-,12+/m0/s1. The second-order valence-corrected chi connectivity index (χ2v) is 4.92. The monoisotopic (exact) mass is 237 g/mol. The molecule has 0 saturated heterocycles. The highest BCUT2D eigenvalue weighted by atomic mass is 35.5. The summed E-state index contributed by atoms with van der Waals surface area (Å²) in [6, 6.07) is 7.74. The van der Waals surface area contributed by atoms with Gasteiger partial charge in [0.25, 0.3) is 0 Å². The second kappa shape index (κ2) is 4.88. The van der Waals surface area contributed by atoms with Crippen molar-refractivity contribution >= 4 is 17.5 Å². The van der Waals surface area contributed by atoms with Crippen molar-refractivity contribution in [2.24, 2.45) is 11.8 Å². The molecule has 0 spiro atoms. The van der Waals surface area contributed by atoms with Gasteiger partial charge in [-0.25, -0.2) is 0 Å². The van der Waals surface area contributed by atoms with Crippen LogP contribution in [0.25, 0.3) is 0 Å². The number of hydrogen-bond donors (Lipinski definition) is 1. The molecular formula is C13H16ClNO. The van der Waals surface area contributed by atoms with Gasteiger partial charge in [0.15, 0.2) is 0 Å². The molecule has 0 heterocycles. The molecule has 2 atom stereocenters. The van der Waals surface area contributed by atoms with E-state index < -0.39 is 0 Å². The van der Waals surface area contributed by atoms with E-state index in [-0.39, 0.29) is 11.8 Å². The third-order valence-electron chi connectivity index (χ3n) is 3.07.